The maximum Gasteiger partial charge on any atom is 0.472 e. The number of nitrogens with one attached hydrogen (secondary N) is 1. The molecule has 0 fully saturated rings. The molecule has 0 saturated carbocycles. The average molecular weight is 440 g/mol. The zero-order valence-corrected chi connectivity index (χ0v) is 19.4. The molecule has 0 heterocycles. The number of phosphoric ester groups is 1. The quantitative estimate of drug-likeness (QED) is 0.224. The molecule has 0 rings (SSSR count). The summed E-state index contributed by atoms with van der Waals surface area (Å²) in [4.78, 5) is 34.8. The first kappa shape index (κ1) is 28.0. The molecule has 2 amide bonds. The molecule has 2 unspecified atom stereocenters. The predicted octanol–water partition coefficient (Wildman–Crippen LogP) is 1.71. The lowest BCUT2D eigenvalue weighted by Crippen LogP contribution is -2.37. The maximum absolute atomic E-state index is 12.0. The Balaban J connectivity index is 4.25. The molecule has 0 aliphatic heterocycles. The third-order valence-corrected chi connectivity index (χ3v) is 4.65. The third kappa shape index (κ3) is 14.6. The lowest BCUT2D eigenvalue weighted by molar-refractivity contribution is -0.136. The Labute approximate surface area is 173 Å². The largest absolute Gasteiger partial charge is 0.472 e. The van der Waals surface area contributed by atoms with Gasteiger partial charge in [0.15, 0.2) is 0 Å². The summed E-state index contributed by atoms with van der Waals surface area (Å²) in [5, 5.41) is 2.46. The Morgan fingerprint density at radius 1 is 1.03 bits per heavy atom. The molecular formula is C18H37N2O8P. The molecule has 0 spiro atoms. The summed E-state index contributed by atoms with van der Waals surface area (Å²) >= 11 is 0. The van der Waals surface area contributed by atoms with Gasteiger partial charge in [0.05, 0.1) is 32.0 Å². The van der Waals surface area contributed by atoms with E-state index in [0.717, 1.165) is 0 Å². The first-order chi connectivity index (χ1) is 13.3. The maximum atomic E-state index is 12.0. The van der Waals surface area contributed by atoms with E-state index in [1.54, 1.807) is 7.05 Å². The molecule has 11 heteroatoms. The predicted molar refractivity (Wildman–Crippen MR) is 108 cm³/mol. The van der Waals surface area contributed by atoms with Crippen LogP contribution in [-0.2, 0) is 32.7 Å². The first-order valence-corrected chi connectivity index (χ1v) is 11.2. The van der Waals surface area contributed by atoms with Crippen LogP contribution in [-0.4, -0.2) is 79.4 Å². The number of carbonyl (C=O) groups excluding carboxylic acids is 2. The standard InChI is InChI=1S/C18H37N2O8P/c1-13(2)20(7)18(22)10-17(21)19-8-9-26-29(23,24)27-12-16(28-15(5)6)11-25-14(3)4/h13-16H,8-12H2,1-7H3,(H,19,21)(H,23,24). The molecular weight excluding hydrogens is 403 g/mol. The second kappa shape index (κ2) is 14.1. The number of amides is 2. The van der Waals surface area contributed by atoms with Gasteiger partial charge in [-0.1, -0.05) is 0 Å². The summed E-state index contributed by atoms with van der Waals surface area (Å²) < 4.78 is 32.8. The van der Waals surface area contributed by atoms with Crippen molar-refractivity contribution < 1.29 is 37.6 Å². The first-order valence-electron chi connectivity index (χ1n) is 9.75. The van der Waals surface area contributed by atoms with E-state index in [-0.39, 0.29) is 56.9 Å². The molecule has 0 radical (unpaired) electrons. The fourth-order valence-electron chi connectivity index (χ4n) is 1.99. The van der Waals surface area contributed by atoms with Crippen LogP contribution in [0.5, 0.6) is 0 Å². The van der Waals surface area contributed by atoms with Crippen molar-refractivity contribution in [3.63, 3.8) is 0 Å². The van der Waals surface area contributed by atoms with Crippen LogP contribution >= 0.6 is 7.82 Å². The van der Waals surface area contributed by atoms with Crippen molar-refractivity contribution >= 4 is 19.6 Å². The Morgan fingerprint density at radius 3 is 2.17 bits per heavy atom. The molecule has 0 bridgehead atoms. The van der Waals surface area contributed by atoms with Gasteiger partial charge >= 0.3 is 7.82 Å². The Bertz CT molecular complexity index is 542. The zero-order chi connectivity index (χ0) is 22.6. The number of rotatable bonds is 15. The number of phosphoric acid groups is 1. The normalized spacial score (nSPS) is 14.9. The molecule has 0 aromatic heterocycles. The Kier molecular flexibility index (Phi) is 13.6. The van der Waals surface area contributed by atoms with Crippen LogP contribution < -0.4 is 5.32 Å². The van der Waals surface area contributed by atoms with Gasteiger partial charge in [0.1, 0.15) is 12.5 Å². The number of nitrogens with zero attached hydrogens (tertiary/aromatic N) is 1. The molecule has 172 valence electrons. The minimum absolute atomic E-state index is 0.00881. The van der Waals surface area contributed by atoms with Crippen molar-refractivity contribution in [3.8, 4) is 0 Å². The van der Waals surface area contributed by atoms with E-state index in [1.807, 2.05) is 41.5 Å². The highest BCUT2D eigenvalue weighted by Gasteiger charge is 2.24. The third-order valence-electron chi connectivity index (χ3n) is 3.66. The van der Waals surface area contributed by atoms with Crippen LogP contribution in [0.15, 0.2) is 0 Å². The Hall–Kier alpha value is -1.03. The lowest BCUT2D eigenvalue weighted by Gasteiger charge is -2.22. The zero-order valence-electron chi connectivity index (χ0n) is 18.5. The van der Waals surface area contributed by atoms with Crippen molar-refractivity contribution in [2.75, 3.05) is 33.4 Å². The van der Waals surface area contributed by atoms with Crippen LogP contribution in [0.2, 0.25) is 0 Å². The lowest BCUT2D eigenvalue weighted by atomic mass is 10.3. The highest BCUT2D eigenvalue weighted by molar-refractivity contribution is 7.47. The highest BCUT2D eigenvalue weighted by atomic mass is 31.2. The van der Waals surface area contributed by atoms with E-state index in [1.165, 1.54) is 4.90 Å². The van der Waals surface area contributed by atoms with Gasteiger partial charge in [-0.25, -0.2) is 4.57 Å². The van der Waals surface area contributed by atoms with Crippen LogP contribution in [0.3, 0.4) is 0 Å². The molecule has 0 aliphatic carbocycles. The van der Waals surface area contributed by atoms with Crippen molar-refractivity contribution in [1.82, 2.24) is 10.2 Å². The molecule has 0 aliphatic rings. The van der Waals surface area contributed by atoms with Crippen LogP contribution in [0, 0.1) is 0 Å². The van der Waals surface area contributed by atoms with Gasteiger partial charge in [-0.2, -0.15) is 0 Å². The summed E-state index contributed by atoms with van der Waals surface area (Å²) in [6.07, 6.45) is -0.941. The SMILES string of the molecule is CC(C)OCC(COP(=O)(O)OCCNC(=O)CC(=O)N(C)C(C)C)OC(C)C. The van der Waals surface area contributed by atoms with Crippen molar-refractivity contribution in [1.29, 1.82) is 0 Å². The van der Waals surface area contributed by atoms with E-state index < -0.39 is 19.8 Å². The van der Waals surface area contributed by atoms with Gasteiger partial charge in [-0.05, 0) is 41.5 Å². The fourth-order valence-corrected chi connectivity index (χ4v) is 2.74. The van der Waals surface area contributed by atoms with Crippen LogP contribution in [0.1, 0.15) is 48.0 Å². The van der Waals surface area contributed by atoms with Crippen molar-refractivity contribution in [2.45, 2.75) is 72.3 Å². The van der Waals surface area contributed by atoms with Gasteiger partial charge < -0.3 is 24.6 Å². The van der Waals surface area contributed by atoms with Crippen LogP contribution in [0.25, 0.3) is 0 Å². The van der Waals surface area contributed by atoms with Crippen LogP contribution in [0.4, 0.5) is 0 Å². The number of carbonyl (C=O) groups is 2. The van der Waals surface area contributed by atoms with E-state index in [4.69, 9.17) is 18.5 Å². The molecule has 2 atom stereocenters. The second-order valence-corrected chi connectivity index (χ2v) is 8.87. The van der Waals surface area contributed by atoms with Crippen molar-refractivity contribution in [3.05, 3.63) is 0 Å². The molecule has 10 nitrogen and oxygen atoms in total. The van der Waals surface area contributed by atoms with Crippen molar-refractivity contribution in [2.24, 2.45) is 0 Å². The molecule has 0 aromatic rings. The number of ether oxygens (including phenoxy) is 2. The second-order valence-electron chi connectivity index (χ2n) is 7.41. The molecule has 2 N–H and O–H groups in total. The van der Waals surface area contributed by atoms with E-state index in [0.29, 0.717) is 0 Å². The van der Waals surface area contributed by atoms with E-state index in [9.17, 15) is 19.0 Å². The summed E-state index contributed by atoms with van der Waals surface area (Å²) in [7, 11) is -2.70. The number of hydrogen-bond acceptors (Lipinski definition) is 7. The molecule has 0 aromatic carbocycles. The van der Waals surface area contributed by atoms with Gasteiger partial charge in [-0.15, -0.1) is 0 Å². The minimum atomic E-state index is -4.32. The van der Waals surface area contributed by atoms with Gasteiger partial charge in [0.25, 0.3) is 0 Å². The monoisotopic (exact) mass is 440 g/mol. The summed E-state index contributed by atoms with van der Waals surface area (Å²) in [6.45, 7) is 10.9. The summed E-state index contributed by atoms with van der Waals surface area (Å²) in [6, 6.07) is -0.00881. The van der Waals surface area contributed by atoms with Gasteiger partial charge in [-0.3, -0.25) is 18.6 Å². The fraction of sp³-hybridized carbons (Fsp3) is 0.889. The topological polar surface area (TPSA) is 124 Å². The highest BCUT2D eigenvalue weighted by Crippen LogP contribution is 2.43. The summed E-state index contributed by atoms with van der Waals surface area (Å²) in [5.41, 5.74) is 0. The summed E-state index contributed by atoms with van der Waals surface area (Å²) in [5.74, 6) is -0.801. The molecule has 29 heavy (non-hydrogen) atoms. The van der Waals surface area contributed by atoms with Gasteiger partial charge in [0.2, 0.25) is 11.8 Å². The van der Waals surface area contributed by atoms with E-state index in [2.05, 4.69) is 5.32 Å². The van der Waals surface area contributed by atoms with E-state index >= 15 is 0 Å². The minimum Gasteiger partial charge on any atom is -0.376 e. The molecule has 0 saturated heterocycles. The number of hydrogen-bond donors (Lipinski definition) is 2. The smallest absolute Gasteiger partial charge is 0.376 e. The average Bonchev–Trinajstić information content (AvgIpc) is 2.59. The Morgan fingerprint density at radius 2 is 1.66 bits per heavy atom. The van der Waals surface area contributed by atoms with Gasteiger partial charge in [0, 0.05) is 19.6 Å².